The summed E-state index contributed by atoms with van der Waals surface area (Å²) in [4.78, 5) is 12.6. The molecule has 2 heteroatoms. The Bertz CT molecular complexity index is 785. The number of esters is 1. The summed E-state index contributed by atoms with van der Waals surface area (Å²) >= 11 is 0. The zero-order valence-corrected chi connectivity index (χ0v) is 24.1. The summed E-state index contributed by atoms with van der Waals surface area (Å²) in [6, 6.07) is 9.16. The largest absolute Gasteiger partial charge is 0.462 e. The third-order valence-corrected chi connectivity index (χ3v) is 10.2. The zero-order valence-electron chi connectivity index (χ0n) is 24.1. The standard InChI is InChI=1S/C35H56O2/c1-2-3-4-5-6-7-8-9-10-11-12-13-14-15-16-21-35(36)37-34-27-26-32-31-23-22-28-19-17-18-20-29(28)30(31)24-25-33(32)34/h17-20,30-34H,2-16,21-27H2,1H3. The number of carbonyl (C=O) groups excluding carboxylic acids is 1. The minimum atomic E-state index is 0.0801. The predicted octanol–water partition coefficient (Wildman–Crippen LogP) is 10.3. The van der Waals surface area contributed by atoms with Gasteiger partial charge in [0.15, 0.2) is 0 Å². The number of hydrogen-bond acceptors (Lipinski definition) is 2. The molecule has 5 atom stereocenters. The maximum atomic E-state index is 12.6. The molecule has 4 rings (SSSR count). The van der Waals surface area contributed by atoms with Crippen LogP contribution in [0.1, 0.15) is 159 Å². The van der Waals surface area contributed by atoms with Gasteiger partial charge in [0.1, 0.15) is 6.10 Å². The normalized spacial score (nSPS) is 26.4. The number of rotatable bonds is 17. The van der Waals surface area contributed by atoms with E-state index in [0.29, 0.717) is 12.3 Å². The van der Waals surface area contributed by atoms with Crippen molar-refractivity contribution in [3.63, 3.8) is 0 Å². The smallest absolute Gasteiger partial charge is 0.306 e. The molecule has 3 aliphatic rings. The number of fused-ring (bicyclic) bond motifs is 5. The molecule has 1 aromatic carbocycles. The molecular weight excluding hydrogens is 452 g/mol. The van der Waals surface area contributed by atoms with Crippen molar-refractivity contribution >= 4 is 5.97 Å². The first kappa shape index (κ1) is 28.7. The average molecular weight is 509 g/mol. The van der Waals surface area contributed by atoms with E-state index in [2.05, 4.69) is 31.2 Å². The number of hydrogen-bond donors (Lipinski definition) is 0. The first-order valence-corrected chi connectivity index (χ1v) is 16.5. The van der Waals surface area contributed by atoms with Crippen LogP contribution in [0, 0.1) is 17.8 Å². The fraction of sp³-hybridized carbons (Fsp3) is 0.800. The summed E-state index contributed by atoms with van der Waals surface area (Å²) in [7, 11) is 0. The van der Waals surface area contributed by atoms with Gasteiger partial charge in [0.05, 0.1) is 0 Å². The lowest BCUT2D eigenvalue weighted by atomic mass is 9.61. The van der Waals surface area contributed by atoms with Crippen LogP contribution in [0.25, 0.3) is 0 Å². The van der Waals surface area contributed by atoms with E-state index in [9.17, 15) is 4.79 Å². The fourth-order valence-corrected chi connectivity index (χ4v) is 8.14. The van der Waals surface area contributed by atoms with Gasteiger partial charge in [-0.15, -0.1) is 0 Å². The van der Waals surface area contributed by atoms with Crippen LogP contribution in [0.4, 0.5) is 0 Å². The van der Waals surface area contributed by atoms with Crippen molar-refractivity contribution in [2.45, 2.75) is 160 Å². The highest BCUT2D eigenvalue weighted by atomic mass is 16.5. The number of ether oxygens (including phenoxy) is 1. The van der Waals surface area contributed by atoms with E-state index in [4.69, 9.17) is 4.74 Å². The van der Waals surface area contributed by atoms with Crippen molar-refractivity contribution in [1.82, 2.24) is 0 Å². The maximum absolute atomic E-state index is 12.6. The van der Waals surface area contributed by atoms with Gasteiger partial charge in [0, 0.05) is 6.42 Å². The summed E-state index contributed by atoms with van der Waals surface area (Å²) < 4.78 is 6.11. The minimum absolute atomic E-state index is 0.0801. The maximum Gasteiger partial charge on any atom is 0.306 e. The third kappa shape index (κ3) is 8.59. The molecule has 37 heavy (non-hydrogen) atoms. The highest BCUT2D eigenvalue weighted by Gasteiger charge is 2.48. The molecule has 0 spiro atoms. The predicted molar refractivity (Wildman–Crippen MR) is 156 cm³/mol. The molecule has 1 aromatic rings. The Hall–Kier alpha value is -1.31. The van der Waals surface area contributed by atoms with Gasteiger partial charge in [0.25, 0.3) is 0 Å². The number of aryl methyl sites for hydroxylation is 1. The van der Waals surface area contributed by atoms with Crippen molar-refractivity contribution in [2.24, 2.45) is 17.8 Å². The van der Waals surface area contributed by atoms with Gasteiger partial charge < -0.3 is 4.74 Å². The van der Waals surface area contributed by atoms with Crippen molar-refractivity contribution in [1.29, 1.82) is 0 Å². The van der Waals surface area contributed by atoms with Crippen molar-refractivity contribution in [3.05, 3.63) is 35.4 Å². The number of unbranched alkanes of at least 4 members (excludes halogenated alkanes) is 14. The molecule has 0 aromatic heterocycles. The second-order valence-electron chi connectivity index (χ2n) is 12.7. The summed E-state index contributed by atoms with van der Waals surface area (Å²) in [5.74, 6) is 3.04. The molecule has 2 nitrogen and oxygen atoms in total. The summed E-state index contributed by atoms with van der Waals surface area (Å²) in [6.45, 7) is 2.29. The molecule has 2 fully saturated rings. The van der Waals surface area contributed by atoms with Crippen LogP contribution in [-0.4, -0.2) is 12.1 Å². The monoisotopic (exact) mass is 508 g/mol. The second-order valence-corrected chi connectivity index (χ2v) is 12.7. The SMILES string of the molecule is CCCCCCCCCCCCCCCCCC(=O)OC1CCC2C1CCC1c3ccccc3CCC12. The second kappa shape index (κ2) is 15.9. The summed E-state index contributed by atoms with van der Waals surface area (Å²) in [6.07, 6.45) is 28.7. The summed E-state index contributed by atoms with van der Waals surface area (Å²) in [5, 5.41) is 0. The minimum Gasteiger partial charge on any atom is -0.462 e. The Balaban J connectivity index is 1.01. The number of benzene rings is 1. The first-order valence-electron chi connectivity index (χ1n) is 16.5. The lowest BCUT2D eigenvalue weighted by Gasteiger charge is -2.44. The van der Waals surface area contributed by atoms with Crippen molar-refractivity contribution < 1.29 is 9.53 Å². The van der Waals surface area contributed by atoms with E-state index >= 15 is 0 Å². The molecule has 0 saturated heterocycles. The molecule has 0 aliphatic heterocycles. The van der Waals surface area contributed by atoms with E-state index in [1.807, 2.05) is 0 Å². The number of carbonyl (C=O) groups is 1. The Labute approximate surface area is 228 Å². The van der Waals surface area contributed by atoms with Gasteiger partial charge in [-0.3, -0.25) is 4.79 Å². The zero-order chi connectivity index (χ0) is 25.7. The van der Waals surface area contributed by atoms with Crippen LogP contribution in [0.5, 0.6) is 0 Å². The molecule has 0 N–H and O–H groups in total. The highest BCUT2D eigenvalue weighted by molar-refractivity contribution is 5.69. The Morgan fingerprint density at radius 1 is 0.676 bits per heavy atom. The van der Waals surface area contributed by atoms with Crippen LogP contribution < -0.4 is 0 Å². The van der Waals surface area contributed by atoms with Crippen LogP contribution in [0.2, 0.25) is 0 Å². The molecule has 0 radical (unpaired) electrons. The lowest BCUT2D eigenvalue weighted by molar-refractivity contribution is -0.152. The van der Waals surface area contributed by atoms with Gasteiger partial charge in [-0.25, -0.2) is 0 Å². The van der Waals surface area contributed by atoms with E-state index in [0.717, 1.165) is 30.6 Å². The van der Waals surface area contributed by atoms with Gasteiger partial charge in [-0.2, -0.15) is 0 Å². The molecule has 208 valence electrons. The average Bonchev–Trinajstić information content (AvgIpc) is 3.33. The molecule has 0 bridgehead atoms. The molecule has 0 heterocycles. The van der Waals surface area contributed by atoms with Gasteiger partial charge in [-0.05, 0) is 79.7 Å². The Morgan fingerprint density at radius 3 is 1.95 bits per heavy atom. The Kier molecular flexibility index (Phi) is 12.4. The third-order valence-electron chi connectivity index (χ3n) is 10.2. The molecule has 5 unspecified atom stereocenters. The van der Waals surface area contributed by atoms with Crippen LogP contribution in [-0.2, 0) is 16.0 Å². The molecule has 0 amide bonds. The van der Waals surface area contributed by atoms with E-state index < -0.39 is 0 Å². The quantitative estimate of drug-likeness (QED) is 0.154. The van der Waals surface area contributed by atoms with E-state index in [1.165, 1.54) is 122 Å². The van der Waals surface area contributed by atoms with Crippen LogP contribution in [0.3, 0.4) is 0 Å². The first-order chi connectivity index (χ1) is 18.3. The van der Waals surface area contributed by atoms with Crippen LogP contribution in [0.15, 0.2) is 24.3 Å². The lowest BCUT2D eigenvalue weighted by Crippen LogP contribution is -2.37. The van der Waals surface area contributed by atoms with E-state index in [1.54, 1.807) is 11.1 Å². The molecular formula is C35H56O2. The van der Waals surface area contributed by atoms with Gasteiger partial charge >= 0.3 is 5.97 Å². The highest BCUT2D eigenvalue weighted by Crippen LogP contribution is 2.55. The van der Waals surface area contributed by atoms with E-state index in [-0.39, 0.29) is 12.1 Å². The van der Waals surface area contributed by atoms with Crippen molar-refractivity contribution in [2.75, 3.05) is 0 Å². The Morgan fingerprint density at radius 2 is 1.27 bits per heavy atom. The molecule has 2 saturated carbocycles. The fourth-order valence-electron chi connectivity index (χ4n) is 8.14. The van der Waals surface area contributed by atoms with Gasteiger partial charge in [-0.1, -0.05) is 121 Å². The molecule has 3 aliphatic carbocycles. The van der Waals surface area contributed by atoms with Crippen molar-refractivity contribution in [3.8, 4) is 0 Å². The van der Waals surface area contributed by atoms with Gasteiger partial charge in [0.2, 0.25) is 0 Å². The topological polar surface area (TPSA) is 26.3 Å². The summed E-state index contributed by atoms with van der Waals surface area (Å²) in [5.41, 5.74) is 3.22. The van der Waals surface area contributed by atoms with Crippen LogP contribution >= 0.6 is 0 Å².